The van der Waals surface area contributed by atoms with Gasteiger partial charge in [-0.2, -0.15) is 0 Å². The molecule has 8 atom stereocenters. The highest BCUT2D eigenvalue weighted by Crippen LogP contribution is 2.47. The normalized spacial score (nSPS) is 34.9. The summed E-state index contributed by atoms with van der Waals surface area (Å²) in [5, 5.41) is 33.1. The molecular formula is C30H30BrN7O7. The van der Waals surface area contributed by atoms with Crippen LogP contribution in [0.3, 0.4) is 0 Å². The molecule has 3 aromatic rings. The number of rotatable bonds is 2. The zero-order valence-electron chi connectivity index (χ0n) is 23.9. The van der Waals surface area contributed by atoms with E-state index in [4.69, 9.17) is 4.74 Å². The number of hydrogen-bond acceptors (Lipinski definition) is 7. The molecule has 2 saturated carbocycles. The number of carbonyl (C=O) groups excluding carboxylic acids is 4. The van der Waals surface area contributed by atoms with Crippen molar-refractivity contribution < 1.29 is 34.1 Å². The molecule has 234 valence electrons. The van der Waals surface area contributed by atoms with Crippen LogP contribution in [0.25, 0.3) is 0 Å². The molecule has 14 nitrogen and oxygen atoms in total. The predicted molar refractivity (Wildman–Crippen MR) is 159 cm³/mol. The maximum absolute atomic E-state index is 12.6. The molecule has 4 aliphatic heterocycles. The Kier molecular flexibility index (Phi) is 5.99. The predicted octanol–water partition coefficient (Wildman–Crippen LogP) is 1.24. The van der Waals surface area contributed by atoms with E-state index in [9.17, 15) is 29.4 Å². The summed E-state index contributed by atoms with van der Waals surface area (Å²) < 4.78 is 9.47. The SMILES string of the molecule is Cc1ccc(CN2C(=O)N[C@H]3[C@@H]4NC(=O)c5ccc(Br)n5[C@@H]4C[C@]32O)cc1.O=C1N[C@H]2[C@@H]3NC(=O)c4cccn4[C@@H]3C[C@@]2(O)O1. The number of benzene rings is 1. The molecule has 6 aliphatic rings. The van der Waals surface area contributed by atoms with Gasteiger partial charge in [0.25, 0.3) is 11.8 Å². The molecule has 0 radical (unpaired) electrons. The van der Waals surface area contributed by atoms with Gasteiger partial charge in [0, 0.05) is 19.0 Å². The summed E-state index contributed by atoms with van der Waals surface area (Å²) in [6.45, 7) is 2.32. The molecule has 4 fully saturated rings. The van der Waals surface area contributed by atoms with Crippen molar-refractivity contribution in [3.8, 4) is 0 Å². The van der Waals surface area contributed by atoms with Gasteiger partial charge in [-0.3, -0.25) is 14.5 Å². The van der Waals surface area contributed by atoms with Crippen molar-refractivity contribution in [2.45, 2.75) is 74.1 Å². The van der Waals surface area contributed by atoms with E-state index >= 15 is 0 Å². The number of hydrogen-bond donors (Lipinski definition) is 6. The first kappa shape index (κ1) is 28.2. The standard InChI is InChI=1S/C19H19BrN4O3.C11H11N3O4/c1-10-2-4-11(5-3-10)9-23-18(26)22-16-15-13(8-19(16,23)27)24-12(17(25)21-15)6-7-14(24)20;15-9-5-2-1-3-14(5)6-4-11(17)8(7(6)12-9)13-10(16)18-11/h2-7,13,15-16,27H,8-9H2,1H3,(H,21,25)(H,22,26);1-3,6-8,17H,4H2,(H,12,15)(H,13,16)/t13-,15-,16+,19+;6-,7-,8+,11-/m11/s1. The van der Waals surface area contributed by atoms with Crippen LogP contribution >= 0.6 is 15.9 Å². The van der Waals surface area contributed by atoms with Crippen molar-refractivity contribution in [2.75, 3.05) is 0 Å². The zero-order valence-corrected chi connectivity index (χ0v) is 25.5. The number of ether oxygens (including phenoxy) is 1. The lowest BCUT2D eigenvalue weighted by Crippen LogP contribution is -2.56. The van der Waals surface area contributed by atoms with Crippen molar-refractivity contribution >= 4 is 39.9 Å². The lowest BCUT2D eigenvalue weighted by molar-refractivity contribution is -0.141. The molecule has 2 aliphatic carbocycles. The summed E-state index contributed by atoms with van der Waals surface area (Å²) >= 11 is 3.50. The number of aromatic nitrogens is 2. The average molecular weight is 681 g/mol. The fraction of sp³-hybridized carbons (Fsp3) is 0.400. The maximum atomic E-state index is 12.6. The highest BCUT2D eigenvalue weighted by atomic mass is 79.9. The van der Waals surface area contributed by atoms with Crippen molar-refractivity contribution in [3.05, 3.63) is 81.8 Å². The van der Waals surface area contributed by atoms with Crippen LogP contribution in [0.5, 0.6) is 0 Å². The molecule has 5 amide bonds. The second kappa shape index (κ2) is 9.58. The Labute approximate surface area is 264 Å². The Hall–Kier alpha value is -4.34. The van der Waals surface area contributed by atoms with Gasteiger partial charge in [0.2, 0.25) is 5.79 Å². The van der Waals surface area contributed by atoms with Crippen LogP contribution in [0.2, 0.25) is 0 Å². The number of fused-ring (bicyclic) bond motifs is 10. The first-order valence-electron chi connectivity index (χ1n) is 14.7. The van der Waals surface area contributed by atoms with E-state index in [0.29, 0.717) is 24.4 Å². The molecule has 45 heavy (non-hydrogen) atoms. The van der Waals surface area contributed by atoms with Crippen LogP contribution in [0.4, 0.5) is 9.59 Å². The number of nitrogens with one attached hydrogen (secondary N) is 4. The maximum Gasteiger partial charge on any atom is 0.410 e. The number of carbonyl (C=O) groups is 4. The number of amides is 5. The van der Waals surface area contributed by atoms with Gasteiger partial charge < -0.3 is 45.4 Å². The van der Waals surface area contributed by atoms with Gasteiger partial charge in [-0.1, -0.05) is 29.8 Å². The summed E-state index contributed by atoms with van der Waals surface area (Å²) in [4.78, 5) is 49.7. The fourth-order valence-corrected chi connectivity index (χ4v) is 8.45. The topological polar surface area (TPSA) is 179 Å². The highest BCUT2D eigenvalue weighted by molar-refractivity contribution is 9.10. The minimum absolute atomic E-state index is 0.108. The van der Waals surface area contributed by atoms with E-state index in [1.807, 2.05) is 46.4 Å². The lowest BCUT2D eigenvalue weighted by Gasteiger charge is -2.32. The van der Waals surface area contributed by atoms with Crippen LogP contribution in [0.1, 0.15) is 57.0 Å². The molecule has 0 bridgehead atoms. The van der Waals surface area contributed by atoms with Crippen molar-refractivity contribution in [1.82, 2.24) is 35.3 Å². The number of alkyl carbamates (subject to hydrolysis) is 1. The Balaban J connectivity index is 0.000000144. The van der Waals surface area contributed by atoms with Gasteiger partial charge in [-0.25, -0.2) is 9.59 Å². The first-order chi connectivity index (χ1) is 21.5. The van der Waals surface area contributed by atoms with E-state index in [2.05, 4.69) is 37.2 Å². The van der Waals surface area contributed by atoms with Crippen LogP contribution in [0, 0.1) is 6.92 Å². The van der Waals surface area contributed by atoms with Crippen molar-refractivity contribution in [1.29, 1.82) is 0 Å². The van der Waals surface area contributed by atoms with Gasteiger partial charge in [-0.15, -0.1) is 0 Å². The number of halogens is 1. The van der Waals surface area contributed by atoms with E-state index in [-0.39, 0.29) is 48.4 Å². The lowest BCUT2D eigenvalue weighted by atomic mass is 10.0. The third kappa shape index (κ3) is 4.06. The Bertz CT molecular complexity index is 1770. The summed E-state index contributed by atoms with van der Waals surface area (Å²) in [6, 6.07) is 12.6. The number of urea groups is 1. The summed E-state index contributed by atoms with van der Waals surface area (Å²) in [6.07, 6.45) is 1.77. The Morgan fingerprint density at radius 3 is 2.33 bits per heavy atom. The monoisotopic (exact) mass is 679 g/mol. The van der Waals surface area contributed by atoms with Crippen LogP contribution in [0.15, 0.2) is 59.3 Å². The quantitative estimate of drug-likeness (QED) is 0.236. The number of nitrogens with zero attached hydrogens (tertiary/aromatic N) is 3. The van der Waals surface area contributed by atoms with E-state index in [0.717, 1.165) is 15.7 Å². The molecule has 1 aromatic carbocycles. The molecule has 9 rings (SSSR count). The molecule has 0 spiro atoms. The minimum Gasteiger partial charge on any atom is -0.415 e. The molecule has 6 N–H and O–H groups in total. The zero-order chi connectivity index (χ0) is 31.4. The van der Waals surface area contributed by atoms with E-state index in [1.54, 1.807) is 24.4 Å². The Morgan fingerprint density at radius 2 is 1.58 bits per heavy atom. The third-order valence-electron chi connectivity index (χ3n) is 9.94. The first-order valence-corrected chi connectivity index (χ1v) is 15.5. The van der Waals surface area contributed by atoms with Gasteiger partial charge in [0.1, 0.15) is 23.5 Å². The summed E-state index contributed by atoms with van der Waals surface area (Å²) in [5.74, 6) is -1.94. The average Bonchev–Trinajstić information content (AvgIpc) is 3.81. The summed E-state index contributed by atoms with van der Waals surface area (Å²) in [7, 11) is 0. The van der Waals surface area contributed by atoms with E-state index < -0.39 is 29.7 Å². The molecule has 6 heterocycles. The van der Waals surface area contributed by atoms with Gasteiger partial charge >= 0.3 is 12.1 Å². The number of aliphatic hydroxyl groups is 2. The molecule has 2 aromatic heterocycles. The molecule has 2 saturated heterocycles. The Morgan fingerprint density at radius 1 is 0.867 bits per heavy atom. The molecule has 15 heteroatoms. The van der Waals surface area contributed by atoms with Gasteiger partial charge in [0.05, 0.1) is 35.3 Å². The highest BCUT2D eigenvalue weighted by Gasteiger charge is 2.65. The summed E-state index contributed by atoms with van der Waals surface area (Å²) in [5.41, 5.74) is 1.84. The van der Waals surface area contributed by atoms with Crippen LogP contribution in [-0.2, 0) is 11.3 Å². The van der Waals surface area contributed by atoms with Gasteiger partial charge in [-0.05, 0) is 52.7 Å². The van der Waals surface area contributed by atoms with Crippen molar-refractivity contribution in [2.24, 2.45) is 0 Å². The van der Waals surface area contributed by atoms with Crippen molar-refractivity contribution in [3.63, 3.8) is 0 Å². The largest absolute Gasteiger partial charge is 0.415 e. The fourth-order valence-electron chi connectivity index (χ4n) is 7.86. The second-order valence-corrected chi connectivity index (χ2v) is 13.3. The molecular weight excluding hydrogens is 650 g/mol. The van der Waals surface area contributed by atoms with Crippen LogP contribution < -0.4 is 21.3 Å². The van der Waals surface area contributed by atoms with Crippen LogP contribution in [-0.4, -0.2) is 83.9 Å². The van der Waals surface area contributed by atoms with E-state index in [1.165, 1.54) is 4.90 Å². The third-order valence-corrected chi connectivity index (χ3v) is 10.6. The second-order valence-electron chi connectivity index (χ2n) is 12.5. The smallest absolute Gasteiger partial charge is 0.410 e. The minimum atomic E-state index is -1.54. The van der Waals surface area contributed by atoms with Gasteiger partial charge in [0.15, 0.2) is 5.72 Å². The number of aryl methyl sites for hydroxylation is 1. The molecule has 0 unspecified atom stereocenters.